The molecule has 0 saturated carbocycles. The first-order valence-electron chi connectivity index (χ1n) is 8.13. The van der Waals surface area contributed by atoms with Gasteiger partial charge in [-0.1, -0.05) is 20.3 Å². The molecule has 1 aromatic heterocycles. The lowest BCUT2D eigenvalue weighted by Gasteiger charge is -2.35. The Balaban J connectivity index is 1.81. The van der Waals surface area contributed by atoms with E-state index in [-0.39, 0.29) is 18.0 Å². The molecule has 3 amide bonds. The predicted molar refractivity (Wildman–Crippen MR) is 85.8 cm³/mol. The molecule has 0 radical (unpaired) electrons. The van der Waals surface area contributed by atoms with Crippen molar-refractivity contribution in [2.45, 2.75) is 39.2 Å². The molecule has 0 spiro atoms. The number of H-pyrrole nitrogens is 1. The molecular weight excluding hydrogens is 280 g/mol. The smallest absolute Gasteiger partial charge is 0.317 e. The number of carbonyl (C=O) groups is 2. The predicted octanol–water partition coefficient (Wildman–Crippen LogP) is 2.06. The van der Waals surface area contributed by atoms with Crippen molar-refractivity contribution >= 4 is 11.9 Å². The quantitative estimate of drug-likeness (QED) is 0.874. The normalized spacial score (nSPS) is 16.5. The van der Waals surface area contributed by atoms with Crippen LogP contribution in [0.15, 0.2) is 18.3 Å². The van der Waals surface area contributed by atoms with Crippen LogP contribution in [0.4, 0.5) is 4.79 Å². The Morgan fingerprint density at radius 3 is 2.45 bits per heavy atom. The van der Waals surface area contributed by atoms with Crippen LogP contribution in [0.5, 0.6) is 0 Å². The van der Waals surface area contributed by atoms with Crippen molar-refractivity contribution in [1.29, 1.82) is 0 Å². The average molecular weight is 306 g/mol. The van der Waals surface area contributed by atoms with Gasteiger partial charge in [0.15, 0.2) is 0 Å². The Morgan fingerprint density at radius 2 is 1.91 bits per heavy atom. The minimum absolute atomic E-state index is 0.00229. The molecule has 6 nitrogen and oxygen atoms in total. The fraction of sp³-hybridized carbons (Fsp3) is 0.625. The van der Waals surface area contributed by atoms with Gasteiger partial charge in [0, 0.05) is 38.4 Å². The highest BCUT2D eigenvalue weighted by Crippen LogP contribution is 2.09. The molecule has 1 aliphatic rings. The van der Waals surface area contributed by atoms with Gasteiger partial charge in [0.2, 0.25) is 0 Å². The van der Waals surface area contributed by atoms with E-state index >= 15 is 0 Å². The molecule has 1 atom stereocenters. The summed E-state index contributed by atoms with van der Waals surface area (Å²) in [6.07, 6.45) is 4.77. The number of aromatic nitrogens is 1. The lowest BCUT2D eigenvalue weighted by Crippen LogP contribution is -2.54. The van der Waals surface area contributed by atoms with E-state index in [9.17, 15) is 9.59 Å². The minimum Gasteiger partial charge on any atom is -0.357 e. The van der Waals surface area contributed by atoms with Crippen LogP contribution in [0.3, 0.4) is 0 Å². The summed E-state index contributed by atoms with van der Waals surface area (Å²) < 4.78 is 0. The molecule has 0 bridgehead atoms. The van der Waals surface area contributed by atoms with Gasteiger partial charge in [-0.05, 0) is 25.0 Å². The monoisotopic (exact) mass is 306 g/mol. The van der Waals surface area contributed by atoms with Crippen LogP contribution in [0.25, 0.3) is 0 Å². The largest absolute Gasteiger partial charge is 0.357 e. The molecule has 0 aromatic carbocycles. The minimum atomic E-state index is -0.00716. The molecular formula is C16H26N4O2. The second-order valence-corrected chi connectivity index (χ2v) is 5.71. The van der Waals surface area contributed by atoms with Crippen LogP contribution in [0.2, 0.25) is 0 Å². The van der Waals surface area contributed by atoms with Gasteiger partial charge in [0.25, 0.3) is 5.91 Å². The third kappa shape index (κ3) is 4.02. The van der Waals surface area contributed by atoms with Gasteiger partial charge in [0.05, 0.1) is 0 Å². The fourth-order valence-electron chi connectivity index (χ4n) is 2.74. The maximum absolute atomic E-state index is 12.3. The van der Waals surface area contributed by atoms with Crippen LogP contribution in [-0.4, -0.2) is 58.9 Å². The van der Waals surface area contributed by atoms with Crippen molar-refractivity contribution < 1.29 is 9.59 Å². The first kappa shape index (κ1) is 16.4. The van der Waals surface area contributed by atoms with Crippen molar-refractivity contribution in [3.05, 3.63) is 24.0 Å². The summed E-state index contributed by atoms with van der Waals surface area (Å²) in [6.45, 7) is 6.54. The molecule has 0 aliphatic carbocycles. The van der Waals surface area contributed by atoms with Gasteiger partial charge in [-0.15, -0.1) is 0 Å². The molecule has 1 unspecified atom stereocenters. The molecule has 1 fully saturated rings. The molecule has 2 heterocycles. The van der Waals surface area contributed by atoms with E-state index in [4.69, 9.17) is 0 Å². The fourth-order valence-corrected chi connectivity index (χ4v) is 2.74. The Labute approximate surface area is 131 Å². The second kappa shape index (κ2) is 7.87. The zero-order valence-corrected chi connectivity index (χ0v) is 13.5. The summed E-state index contributed by atoms with van der Waals surface area (Å²) in [5.74, 6) is 0.00229. The Kier molecular flexibility index (Phi) is 5.86. The van der Waals surface area contributed by atoms with Crippen molar-refractivity contribution in [2.24, 2.45) is 0 Å². The lowest BCUT2D eigenvalue weighted by molar-refractivity contribution is 0.0658. The second-order valence-electron chi connectivity index (χ2n) is 5.71. The topological polar surface area (TPSA) is 68.4 Å². The van der Waals surface area contributed by atoms with E-state index in [1.54, 1.807) is 22.1 Å². The summed E-state index contributed by atoms with van der Waals surface area (Å²) in [5.41, 5.74) is 0.604. The highest BCUT2D eigenvalue weighted by molar-refractivity contribution is 5.92. The van der Waals surface area contributed by atoms with Gasteiger partial charge in [0.1, 0.15) is 5.69 Å². The van der Waals surface area contributed by atoms with E-state index < -0.39 is 0 Å². The van der Waals surface area contributed by atoms with E-state index in [1.807, 2.05) is 6.07 Å². The molecule has 1 aromatic rings. The molecule has 2 rings (SSSR count). The number of piperazine rings is 1. The van der Waals surface area contributed by atoms with Gasteiger partial charge in [-0.25, -0.2) is 4.79 Å². The Morgan fingerprint density at radius 1 is 1.23 bits per heavy atom. The average Bonchev–Trinajstić information content (AvgIpc) is 3.08. The van der Waals surface area contributed by atoms with Crippen LogP contribution >= 0.6 is 0 Å². The summed E-state index contributed by atoms with van der Waals surface area (Å²) in [5, 5.41) is 3.09. The van der Waals surface area contributed by atoms with Crippen molar-refractivity contribution in [2.75, 3.05) is 26.2 Å². The molecule has 2 N–H and O–H groups in total. The summed E-state index contributed by atoms with van der Waals surface area (Å²) in [7, 11) is 0. The first-order valence-corrected chi connectivity index (χ1v) is 8.13. The number of rotatable bonds is 5. The van der Waals surface area contributed by atoms with Crippen LogP contribution in [-0.2, 0) is 0 Å². The summed E-state index contributed by atoms with van der Waals surface area (Å²) in [4.78, 5) is 31.0. The lowest BCUT2D eigenvalue weighted by atomic mass is 10.1. The molecule has 1 saturated heterocycles. The number of hydrogen-bond donors (Lipinski definition) is 2. The van der Waals surface area contributed by atoms with Crippen molar-refractivity contribution in [1.82, 2.24) is 20.1 Å². The van der Waals surface area contributed by atoms with Crippen LogP contribution in [0.1, 0.15) is 43.6 Å². The molecule has 6 heteroatoms. The number of nitrogens with one attached hydrogen (secondary N) is 2. The van der Waals surface area contributed by atoms with Crippen molar-refractivity contribution in [3.63, 3.8) is 0 Å². The van der Waals surface area contributed by atoms with Gasteiger partial charge < -0.3 is 20.1 Å². The SMILES string of the molecule is CCCC(CC)NC(=O)N1CCN(C(=O)c2ccc[nH]2)CC1. The van der Waals surface area contributed by atoms with E-state index in [2.05, 4.69) is 24.1 Å². The number of urea groups is 1. The number of hydrogen-bond acceptors (Lipinski definition) is 2. The van der Waals surface area contributed by atoms with Gasteiger partial charge in [-0.2, -0.15) is 0 Å². The zero-order chi connectivity index (χ0) is 15.9. The third-order valence-electron chi connectivity index (χ3n) is 4.14. The number of amides is 3. The maximum Gasteiger partial charge on any atom is 0.317 e. The Bertz CT molecular complexity index is 478. The standard InChI is InChI=1S/C16H26N4O2/c1-3-6-13(4-2)18-16(22)20-11-9-19(10-12-20)15(21)14-7-5-8-17-14/h5,7-8,13,17H,3-4,6,9-12H2,1-2H3,(H,18,22). The van der Waals surface area contributed by atoms with Crippen LogP contribution in [0, 0.1) is 0 Å². The van der Waals surface area contributed by atoms with E-state index in [0.29, 0.717) is 31.9 Å². The third-order valence-corrected chi connectivity index (χ3v) is 4.14. The van der Waals surface area contributed by atoms with Gasteiger partial charge >= 0.3 is 6.03 Å². The summed E-state index contributed by atoms with van der Waals surface area (Å²) in [6, 6.07) is 3.83. The molecule has 22 heavy (non-hydrogen) atoms. The zero-order valence-electron chi connectivity index (χ0n) is 13.5. The molecule has 1 aliphatic heterocycles. The van der Waals surface area contributed by atoms with Crippen LogP contribution < -0.4 is 5.32 Å². The molecule has 122 valence electrons. The van der Waals surface area contributed by atoms with Gasteiger partial charge in [-0.3, -0.25) is 4.79 Å². The maximum atomic E-state index is 12.3. The summed E-state index contributed by atoms with van der Waals surface area (Å²) >= 11 is 0. The Hall–Kier alpha value is -1.98. The number of carbonyl (C=O) groups excluding carboxylic acids is 2. The highest BCUT2D eigenvalue weighted by Gasteiger charge is 2.25. The highest BCUT2D eigenvalue weighted by atomic mass is 16.2. The van der Waals surface area contributed by atoms with E-state index in [1.165, 1.54) is 0 Å². The van der Waals surface area contributed by atoms with Crippen molar-refractivity contribution in [3.8, 4) is 0 Å². The number of aromatic amines is 1. The number of nitrogens with zero attached hydrogens (tertiary/aromatic N) is 2. The first-order chi connectivity index (χ1) is 10.7. The van der Waals surface area contributed by atoms with E-state index in [0.717, 1.165) is 19.3 Å².